The summed E-state index contributed by atoms with van der Waals surface area (Å²) in [7, 11) is 0. The third-order valence-corrected chi connectivity index (χ3v) is 3.52. The number of nitrogens with one attached hydrogen (secondary N) is 2. The van der Waals surface area contributed by atoms with E-state index in [0.29, 0.717) is 5.95 Å². The normalized spacial score (nSPS) is 11.3. The topological polar surface area (TPSA) is 49.8 Å². The van der Waals surface area contributed by atoms with Gasteiger partial charge in [0.25, 0.3) is 0 Å². The second-order valence-electron chi connectivity index (χ2n) is 5.96. The van der Waals surface area contributed by atoms with Crippen molar-refractivity contribution in [3.05, 3.63) is 36.0 Å². The van der Waals surface area contributed by atoms with Gasteiger partial charge in [-0.15, -0.1) is 11.8 Å². The first kappa shape index (κ1) is 15.6. The Hall–Kier alpha value is -1.75. The number of aryl methyl sites for hydroxylation is 1. The lowest BCUT2D eigenvalue weighted by molar-refractivity contribution is 0.626. The molecule has 2 N–H and O–H groups in total. The molecule has 5 heteroatoms. The number of benzene rings is 1. The highest BCUT2D eigenvalue weighted by atomic mass is 32.2. The van der Waals surface area contributed by atoms with Gasteiger partial charge < -0.3 is 10.6 Å². The van der Waals surface area contributed by atoms with Crippen LogP contribution in [0.25, 0.3) is 0 Å². The molecule has 1 aromatic carbocycles. The largest absolute Gasteiger partial charge is 0.350 e. The van der Waals surface area contributed by atoms with Crippen LogP contribution < -0.4 is 10.6 Å². The second kappa shape index (κ2) is 6.35. The number of rotatable bonds is 4. The molecule has 0 saturated heterocycles. The molecule has 0 aliphatic rings. The van der Waals surface area contributed by atoms with Gasteiger partial charge in [-0.3, -0.25) is 0 Å². The molecule has 2 aromatic rings. The molecule has 0 saturated carbocycles. The standard InChI is InChI=1S/C16H22N4S/c1-11-10-17-15(20-16(2,3)4)19-14(11)18-12-7-6-8-13(9-12)21-5/h6-10H,1-5H3,(H2,17,18,19,20). The SMILES string of the molecule is CSc1cccc(Nc2nc(NC(C)(C)C)ncc2C)c1. The maximum Gasteiger partial charge on any atom is 0.225 e. The number of nitrogens with zero attached hydrogens (tertiary/aromatic N) is 2. The number of aromatic nitrogens is 2. The third kappa shape index (κ3) is 4.63. The Labute approximate surface area is 130 Å². The zero-order valence-electron chi connectivity index (χ0n) is 13.2. The summed E-state index contributed by atoms with van der Waals surface area (Å²) in [5.41, 5.74) is 1.99. The molecule has 0 bridgehead atoms. The van der Waals surface area contributed by atoms with Crippen molar-refractivity contribution in [3.63, 3.8) is 0 Å². The van der Waals surface area contributed by atoms with Gasteiger partial charge in [-0.1, -0.05) is 6.07 Å². The molecule has 0 unspecified atom stereocenters. The lowest BCUT2D eigenvalue weighted by Gasteiger charge is -2.21. The quantitative estimate of drug-likeness (QED) is 0.817. The van der Waals surface area contributed by atoms with E-state index in [4.69, 9.17) is 0 Å². The predicted molar refractivity (Wildman–Crippen MR) is 91.7 cm³/mol. The molecule has 112 valence electrons. The first-order chi connectivity index (χ1) is 9.87. The van der Waals surface area contributed by atoms with Gasteiger partial charge in [0.2, 0.25) is 5.95 Å². The van der Waals surface area contributed by atoms with Gasteiger partial charge in [-0.25, -0.2) is 4.98 Å². The first-order valence-corrected chi connectivity index (χ1v) is 8.13. The van der Waals surface area contributed by atoms with Gasteiger partial charge in [0.1, 0.15) is 5.82 Å². The molecule has 0 aliphatic carbocycles. The van der Waals surface area contributed by atoms with Gasteiger partial charge in [0.15, 0.2) is 0 Å². The van der Waals surface area contributed by atoms with E-state index in [1.807, 2.05) is 25.3 Å². The highest BCUT2D eigenvalue weighted by Crippen LogP contribution is 2.24. The van der Waals surface area contributed by atoms with E-state index in [0.717, 1.165) is 17.1 Å². The molecule has 0 amide bonds. The van der Waals surface area contributed by atoms with Gasteiger partial charge in [0.05, 0.1) is 0 Å². The minimum absolute atomic E-state index is 0.0642. The summed E-state index contributed by atoms with van der Waals surface area (Å²) in [5.74, 6) is 1.46. The average Bonchev–Trinajstić information content (AvgIpc) is 2.41. The van der Waals surface area contributed by atoms with Crippen LogP contribution in [0, 0.1) is 6.92 Å². The number of hydrogen-bond acceptors (Lipinski definition) is 5. The van der Waals surface area contributed by atoms with E-state index >= 15 is 0 Å². The fraction of sp³-hybridized carbons (Fsp3) is 0.375. The highest BCUT2D eigenvalue weighted by molar-refractivity contribution is 7.98. The smallest absolute Gasteiger partial charge is 0.225 e. The highest BCUT2D eigenvalue weighted by Gasteiger charge is 2.12. The summed E-state index contributed by atoms with van der Waals surface area (Å²) in [6.45, 7) is 8.27. The molecule has 0 aliphatic heterocycles. The molecule has 4 nitrogen and oxygen atoms in total. The molecule has 21 heavy (non-hydrogen) atoms. The van der Waals surface area contributed by atoms with Crippen molar-refractivity contribution < 1.29 is 0 Å². The lowest BCUT2D eigenvalue weighted by atomic mass is 10.1. The van der Waals surface area contributed by atoms with Crippen molar-refractivity contribution >= 4 is 29.2 Å². The van der Waals surface area contributed by atoms with Crippen molar-refractivity contribution in [2.45, 2.75) is 38.1 Å². The summed E-state index contributed by atoms with van der Waals surface area (Å²) in [4.78, 5) is 10.1. The van der Waals surface area contributed by atoms with E-state index < -0.39 is 0 Å². The minimum atomic E-state index is -0.0642. The maximum absolute atomic E-state index is 4.57. The van der Waals surface area contributed by atoms with Crippen molar-refractivity contribution in [1.29, 1.82) is 0 Å². The van der Waals surface area contributed by atoms with E-state index in [1.54, 1.807) is 11.8 Å². The van der Waals surface area contributed by atoms with Crippen LogP contribution in [-0.2, 0) is 0 Å². The van der Waals surface area contributed by atoms with Crippen LogP contribution in [0.15, 0.2) is 35.4 Å². The van der Waals surface area contributed by atoms with E-state index in [1.165, 1.54) is 4.90 Å². The van der Waals surface area contributed by atoms with Gasteiger partial charge in [0, 0.05) is 27.9 Å². The molecule has 0 radical (unpaired) electrons. The van der Waals surface area contributed by atoms with Crippen LogP contribution >= 0.6 is 11.8 Å². The average molecular weight is 302 g/mol. The van der Waals surface area contributed by atoms with Crippen LogP contribution in [0.3, 0.4) is 0 Å². The number of thioether (sulfide) groups is 1. The monoisotopic (exact) mass is 302 g/mol. The maximum atomic E-state index is 4.57. The summed E-state index contributed by atoms with van der Waals surface area (Å²) in [5, 5.41) is 6.66. The molecule has 1 aromatic heterocycles. The van der Waals surface area contributed by atoms with E-state index in [9.17, 15) is 0 Å². The zero-order valence-corrected chi connectivity index (χ0v) is 14.0. The second-order valence-corrected chi connectivity index (χ2v) is 6.84. The van der Waals surface area contributed by atoms with E-state index in [-0.39, 0.29) is 5.54 Å². The molecular formula is C16H22N4S. The van der Waals surface area contributed by atoms with Gasteiger partial charge >= 0.3 is 0 Å². The Morgan fingerprint density at radius 1 is 1.19 bits per heavy atom. The Morgan fingerprint density at radius 3 is 2.62 bits per heavy atom. The Kier molecular flexibility index (Phi) is 4.73. The minimum Gasteiger partial charge on any atom is -0.350 e. The number of hydrogen-bond donors (Lipinski definition) is 2. The fourth-order valence-electron chi connectivity index (χ4n) is 1.80. The third-order valence-electron chi connectivity index (χ3n) is 2.79. The summed E-state index contributed by atoms with van der Waals surface area (Å²) < 4.78 is 0. The Balaban J connectivity index is 2.24. The zero-order chi connectivity index (χ0) is 15.5. The summed E-state index contributed by atoms with van der Waals surface area (Å²) in [6, 6.07) is 8.29. The van der Waals surface area contributed by atoms with Gasteiger partial charge in [-0.2, -0.15) is 4.98 Å². The van der Waals surface area contributed by atoms with Crippen LogP contribution in [0.5, 0.6) is 0 Å². The molecule has 0 spiro atoms. The molecular weight excluding hydrogens is 280 g/mol. The first-order valence-electron chi connectivity index (χ1n) is 6.90. The number of anilines is 3. The Morgan fingerprint density at radius 2 is 1.95 bits per heavy atom. The Bertz CT molecular complexity index is 620. The predicted octanol–water partition coefficient (Wildman–Crippen LogP) is 4.46. The molecule has 0 fully saturated rings. The van der Waals surface area contributed by atoms with Crippen molar-refractivity contribution in [1.82, 2.24) is 9.97 Å². The van der Waals surface area contributed by atoms with Crippen LogP contribution in [0.4, 0.5) is 17.5 Å². The van der Waals surface area contributed by atoms with Crippen molar-refractivity contribution in [2.24, 2.45) is 0 Å². The molecule has 0 atom stereocenters. The van der Waals surface area contributed by atoms with E-state index in [2.05, 4.69) is 59.8 Å². The van der Waals surface area contributed by atoms with Crippen molar-refractivity contribution in [3.8, 4) is 0 Å². The fourth-order valence-corrected chi connectivity index (χ4v) is 2.26. The molecule has 1 heterocycles. The van der Waals surface area contributed by atoms with Crippen LogP contribution in [-0.4, -0.2) is 21.8 Å². The summed E-state index contributed by atoms with van der Waals surface area (Å²) in [6.07, 6.45) is 3.90. The van der Waals surface area contributed by atoms with Crippen LogP contribution in [0.1, 0.15) is 26.3 Å². The van der Waals surface area contributed by atoms with Crippen LogP contribution in [0.2, 0.25) is 0 Å². The van der Waals surface area contributed by atoms with Crippen molar-refractivity contribution in [2.75, 3.05) is 16.9 Å². The molecule has 2 rings (SSSR count). The lowest BCUT2D eigenvalue weighted by Crippen LogP contribution is -2.27. The summed E-state index contributed by atoms with van der Waals surface area (Å²) >= 11 is 1.72. The van der Waals surface area contributed by atoms with Gasteiger partial charge in [-0.05, 0) is 52.1 Å².